The fraction of sp³-hybridized carbons (Fsp3) is 0.824. The summed E-state index contributed by atoms with van der Waals surface area (Å²) < 4.78 is 6.12. The van der Waals surface area contributed by atoms with Crippen molar-refractivity contribution in [1.82, 2.24) is 4.98 Å². The van der Waals surface area contributed by atoms with Crippen LogP contribution in [0, 0.1) is 11.8 Å². The van der Waals surface area contributed by atoms with E-state index in [1.165, 1.54) is 57.1 Å². The zero-order valence-corrected chi connectivity index (χ0v) is 12.4. The average Bonchev–Trinajstić information content (AvgIpc) is 2.90. The van der Waals surface area contributed by atoms with Crippen LogP contribution >= 0.6 is 0 Å². The quantitative estimate of drug-likeness (QED) is 0.725. The van der Waals surface area contributed by atoms with Crippen LogP contribution in [0.25, 0.3) is 0 Å². The van der Waals surface area contributed by atoms with E-state index in [1.54, 1.807) is 0 Å². The lowest BCUT2D eigenvalue weighted by Crippen LogP contribution is -2.11. The third kappa shape index (κ3) is 3.04. The van der Waals surface area contributed by atoms with Crippen LogP contribution in [-0.4, -0.2) is 4.98 Å². The normalized spacial score (nSPS) is 36.3. The number of nitrogens with zero attached hydrogens (tertiary/aromatic N) is 1. The predicted octanol–water partition coefficient (Wildman–Crippen LogP) is 5.26. The van der Waals surface area contributed by atoms with Gasteiger partial charge in [-0.3, -0.25) is 0 Å². The monoisotopic (exact) mass is 261 g/mol. The zero-order valence-electron chi connectivity index (χ0n) is 12.4. The van der Waals surface area contributed by atoms with Crippen LogP contribution in [0.3, 0.4) is 0 Å². The number of rotatable bonds is 2. The van der Waals surface area contributed by atoms with Gasteiger partial charge in [0.1, 0.15) is 5.76 Å². The molecule has 0 aromatic carbocycles. The molecule has 0 atom stereocenters. The van der Waals surface area contributed by atoms with Gasteiger partial charge in [-0.25, -0.2) is 4.98 Å². The van der Waals surface area contributed by atoms with Gasteiger partial charge >= 0.3 is 0 Å². The summed E-state index contributed by atoms with van der Waals surface area (Å²) in [5.74, 6) is 5.22. The molecule has 0 saturated heterocycles. The molecule has 0 radical (unpaired) electrons. The van der Waals surface area contributed by atoms with Gasteiger partial charge in [0.15, 0.2) is 5.89 Å². The molecule has 0 unspecified atom stereocenters. The Morgan fingerprint density at radius 3 is 1.95 bits per heavy atom. The van der Waals surface area contributed by atoms with Crippen LogP contribution in [0.1, 0.15) is 88.7 Å². The Hall–Kier alpha value is -0.790. The number of oxazole rings is 1. The highest BCUT2D eigenvalue weighted by atomic mass is 16.4. The second kappa shape index (κ2) is 5.68. The van der Waals surface area contributed by atoms with E-state index in [4.69, 9.17) is 4.42 Å². The lowest BCUT2D eigenvalue weighted by atomic mass is 9.82. The minimum absolute atomic E-state index is 0.590. The molecule has 3 rings (SSSR count). The Labute approximate surface area is 117 Å². The van der Waals surface area contributed by atoms with Crippen LogP contribution < -0.4 is 0 Å². The Bertz CT molecular complexity index is 359. The highest BCUT2D eigenvalue weighted by Gasteiger charge is 2.26. The predicted molar refractivity (Wildman–Crippen MR) is 77.2 cm³/mol. The summed E-state index contributed by atoms with van der Waals surface area (Å²) in [4.78, 5) is 4.59. The van der Waals surface area contributed by atoms with Gasteiger partial charge in [0.05, 0.1) is 6.20 Å². The standard InChI is InChI=1S/C17H27NO/c1-12-3-7-14(8-4-12)16-11-18-17(19-16)15-9-5-13(2)6-10-15/h11-15H,3-10H2,1-2H3. The van der Waals surface area contributed by atoms with Crippen molar-refractivity contribution in [1.29, 1.82) is 0 Å². The largest absolute Gasteiger partial charge is 0.445 e. The summed E-state index contributed by atoms with van der Waals surface area (Å²) in [5, 5.41) is 0. The van der Waals surface area contributed by atoms with Gasteiger partial charge in [-0.1, -0.05) is 26.7 Å². The molecule has 0 spiro atoms. The molecule has 1 aromatic rings. The maximum absolute atomic E-state index is 6.12. The van der Waals surface area contributed by atoms with E-state index in [1.807, 2.05) is 6.20 Å². The van der Waals surface area contributed by atoms with Crippen molar-refractivity contribution in [3.05, 3.63) is 17.8 Å². The summed E-state index contributed by atoms with van der Waals surface area (Å²) in [5.41, 5.74) is 0. The number of hydrogen-bond donors (Lipinski definition) is 0. The first kappa shape index (κ1) is 13.2. The van der Waals surface area contributed by atoms with E-state index < -0.39 is 0 Å². The third-order valence-electron chi connectivity index (χ3n) is 5.32. The minimum Gasteiger partial charge on any atom is -0.445 e. The summed E-state index contributed by atoms with van der Waals surface area (Å²) in [6.45, 7) is 4.73. The Morgan fingerprint density at radius 1 is 0.842 bits per heavy atom. The van der Waals surface area contributed by atoms with Crippen LogP contribution in [-0.2, 0) is 0 Å². The summed E-state index contributed by atoms with van der Waals surface area (Å²) in [6.07, 6.45) is 12.5. The van der Waals surface area contributed by atoms with E-state index in [0.717, 1.165) is 17.7 Å². The molecule has 1 aromatic heterocycles. The molecular formula is C17H27NO. The lowest BCUT2D eigenvalue weighted by molar-refractivity contribution is 0.278. The van der Waals surface area contributed by atoms with E-state index in [2.05, 4.69) is 18.8 Å². The van der Waals surface area contributed by atoms with Gasteiger partial charge in [0.25, 0.3) is 0 Å². The molecule has 2 fully saturated rings. The molecule has 2 nitrogen and oxygen atoms in total. The molecule has 0 bridgehead atoms. The van der Waals surface area contributed by atoms with Crippen molar-refractivity contribution in [2.45, 2.75) is 77.0 Å². The summed E-state index contributed by atoms with van der Waals surface area (Å²) >= 11 is 0. The molecule has 0 amide bonds. The van der Waals surface area contributed by atoms with Gasteiger partial charge in [0, 0.05) is 11.8 Å². The maximum atomic E-state index is 6.12. The molecule has 19 heavy (non-hydrogen) atoms. The summed E-state index contributed by atoms with van der Waals surface area (Å²) in [7, 11) is 0. The second-order valence-electron chi connectivity index (χ2n) is 7.01. The SMILES string of the molecule is CC1CCC(c2cnc(C3CCC(C)CC3)o2)CC1. The van der Waals surface area contributed by atoms with Crippen molar-refractivity contribution in [3.8, 4) is 0 Å². The number of aromatic nitrogens is 1. The van der Waals surface area contributed by atoms with Gasteiger partial charge in [-0.15, -0.1) is 0 Å². The second-order valence-corrected chi connectivity index (χ2v) is 7.01. The molecule has 0 N–H and O–H groups in total. The van der Waals surface area contributed by atoms with Gasteiger partial charge in [-0.05, 0) is 50.4 Å². The lowest BCUT2D eigenvalue weighted by Gasteiger charge is -2.25. The van der Waals surface area contributed by atoms with Gasteiger partial charge < -0.3 is 4.42 Å². The first-order chi connectivity index (χ1) is 9.22. The van der Waals surface area contributed by atoms with E-state index >= 15 is 0 Å². The topological polar surface area (TPSA) is 26.0 Å². The molecule has 1 heterocycles. The fourth-order valence-electron chi connectivity index (χ4n) is 3.73. The first-order valence-corrected chi connectivity index (χ1v) is 8.18. The van der Waals surface area contributed by atoms with Crippen molar-refractivity contribution in [2.24, 2.45) is 11.8 Å². The Kier molecular flexibility index (Phi) is 3.95. The van der Waals surface area contributed by atoms with Crippen LogP contribution in [0.4, 0.5) is 0 Å². The average molecular weight is 261 g/mol. The minimum atomic E-state index is 0.590. The smallest absolute Gasteiger partial charge is 0.197 e. The van der Waals surface area contributed by atoms with Gasteiger partial charge in [0.2, 0.25) is 0 Å². The highest BCUT2D eigenvalue weighted by Crippen LogP contribution is 2.39. The van der Waals surface area contributed by atoms with Crippen molar-refractivity contribution in [3.63, 3.8) is 0 Å². The third-order valence-corrected chi connectivity index (χ3v) is 5.32. The molecular weight excluding hydrogens is 234 g/mol. The molecule has 2 heteroatoms. The Morgan fingerprint density at radius 2 is 1.37 bits per heavy atom. The first-order valence-electron chi connectivity index (χ1n) is 8.18. The van der Waals surface area contributed by atoms with Gasteiger partial charge in [-0.2, -0.15) is 0 Å². The molecule has 106 valence electrons. The molecule has 2 aliphatic rings. The van der Waals surface area contributed by atoms with Crippen LogP contribution in [0.5, 0.6) is 0 Å². The van der Waals surface area contributed by atoms with Crippen molar-refractivity contribution in [2.75, 3.05) is 0 Å². The van der Waals surface area contributed by atoms with Crippen molar-refractivity contribution >= 4 is 0 Å². The van der Waals surface area contributed by atoms with E-state index in [9.17, 15) is 0 Å². The van der Waals surface area contributed by atoms with Crippen LogP contribution in [0.15, 0.2) is 10.6 Å². The van der Waals surface area contributed by atoms with Crippen molar-refractivity contribution < 1.29 is 4.42 Å². The Balaban J connectivity index is 1.63. The van der Waals surface area contributed by atoms with E-state index in [0.29, 0.717) is 11.8 Å². The fourth-order valence-corrected chi connectivity index (χ4v) is 3.73. The molecule has 0 aliphatic heterocycles. The zero-order chi connectivity index (χ0) is 13.2. The number of hydrogen-bond acceptors (Lipinski definition) is 2. The maximum Gasteiger partial charge on any atom is 0.197 e. The van der Waals surface area contributed by atoms with Crippen LogP contribution in [0.2, 0.25) is 0 Å². The summed E-state index contributed by atoms with van der Waals surface area (Å²) in [6, 6.07) is 0. The highest BCUT2D eigenvalue weighted by molar-refractivity contribution is 5.06. The van der Waals surface area contributed by atoms with E-state index in [-0.39, 0.29) is 0 Å². The molecule has 2 saturated carbocycles. The molecule has 2 aliphatic carbocycles.